The zero-order valence-corrected chi connectivity index (χ0v) is 12.1. The molecule has 0 N–H and O–H groups in total. The molecule has 1 nitrogen and oxygen atoms in total. The van der Waals surface area contributed by atoms with Crippen molar-refractivity contribution in [2.45, 2.75) is 33.0 Å². The summed E-state index contributed by atoms with van der Waals surface area (Å²) in [6.07, 6.45) is 0.665. The Kier molecular flexibility index (Phi) is 4.71. The van der Waals surface area contributed by atoms with E-state index in [1.807, 2.05) is 37.3 Å². The van der Waals surface area contributed by atoms with Crippen LogP contribution in [0.5, 0.6) is 0 Å². The Morgan fingerprint density at radius 1 is 1.24 bits per heavy atom. The second kappa shape index (κ2) is 5.84. The Morgan fingerprint density at radius 2 is 1.82 bits per heavy atom. The molecule has 0 saturated heterocycles. The molecule has 0 spiro atoms. The molecule has 0 aliphatic rings. The van der Waals surface area contributed by atoms with Crippen molar-refractivity contribution < 1.29 is 4.79 Å². The van der Waals surface area contributed by atoms with E-state index in [4.69, 9.17) is 0 Å². The van der Waals surface area contributed by atoms with E-state index >= 15 is 0 Å². The van der Waals surface area contributed by atoms with Gasteiger partial charge >= 0.3 is 0 Å². The number of ketones is 1. The number of Topliss-reactive ketones (excluding diaryl/α,β-unsaturated/α-hetero) is 1. The summed E-state index contributed by atoms with van der Waals surface area (Å²) in [6.45, 7) is 8.59. The number of hydrogen-bond acceptors (Lipinski definition) is 1. The molecule has 0 heterocycles. The molecule has 2 heteroatoms. The van der Waals surface area contributed by atoms with Crippen molar-refractivity contribution in [3.63, 3.8) is 0 Å². The SMILES string of the molecule is CC(CC#C[Si](C)(C)C)C(=O)c1ccccc1. The van der Waals surface area contributed by atoms with Crippen LogP contribution >= 0.6 is 0 Å². The highest BCUT2D eigenvalue weighted by atomic mass is 28.3. The minimum Gasteiger partial charge on any atom is -0.294 e. The summed E-state index contributed by atoms with van der Waals surface area (Å²) in [6, 6.07) is 9.45. The van der Waals surface area contributed by atoms with Crippen molar-refractivity contribution in [3.8, 4) is 11.5 Å². The summed E-state index contributed by atoms with van der Waals surface area (Å²) < 4.78 is 0. The fraction of sp³-hybridized carbons (Fsp3) is 0.400. The van der Waals surface area contributed by atoms with E-state index < -0.39 is 8.07 Å². The molecule has 1 rings (SSSR count). The standard InChI is InChI=1S/C15H20OSi/c1-13(9-8-12-17(2,3)4)15(16)14-10-6-5-7-11-14/h5-7,10-11,13H,9H2,1-4H3. The fourth-order valence-electron chi connectivity index (χ4n) is 1.45. The molecule has 90 valence electrons. The van der Waals surface area contributed by atoms with Gasteiger partial charge in [-0.3, -0.25) is 4.79 Å². The third-order valence-corrected chi connectivity index (χ3v) is 3.30. The highest BCUT2D eigenvalue weighted by molar-refractivity contribution is 6.83. The van der Waals surface area contributed by atoms with E-state index in [0.29, 0.717) is 6.42 Å². The van der Waals surface area contributed by atoms with Crippen LogP contribution < -0.4 is 0 Å². The number of carbonyl (C=O) groups is 1. The van der Waals surface area contributed by atoms with Crippen LogP contribution in [0.2, 0.25) is 19.6 Å². The van der Waals surface area contributed by atoms with Crippen molar-refractivity contribution in [1.82, 2.24) is 0 Å². The molecule has 0 aromatic heterocycles. The van der Waals surface area contributed by atoms with Crippen LogP contribution in [-0.4, -0.2) is 13.9 Å². The van der Waals surface area contributed by atoms with Crippen molar-refractivity contribution in [2.75, 3.05) is 0 Å². The zero-order chi connectivity index (χ0) is 12.9. The first-order chi connectivity index (χ1) is 7.90. The van der Waals surface area contributed by atoms with Gasteiger partial charge in [-0.15, -0.1) is 11.5 Å². The number of rotatable bonds is 3. The van der Waals surface area contributed by atoms with E-state index in [9.17, 15) is 4.79 Å². The number of hydrogen-bond donors (Lipinski definition) is 0. The van der Waals surface area contributed by atoms with Gasteiger partial charge in [0.15, 0.2) is 5.78 Å². The molecular weight excluding hydrogens is 224 g/mol. The maximum Gasteiger partial charge on any atom is 0.166 e. The van der Waals surface area contributed by atoms with Gasteiger partial charge in [-0.25, -0.2) is 0 Å². The molecular formula is C15H20OSi. The van der Waals surface area contributed by atoms with Gasteiger partial charge in [0.05, 0.1) is 0 Å². The summed E-state index contributed by atoms with van der Waals surface area (Å²) in [5.74, 6) is 3.34. The molecule has 1 unspecified atom stereocenters. The molecule has 17 heavy (non-hydrogen) atoms. The minimum atomic E-state index is -1.31. The Labute approximate surface area is 105 Å². The first-order valence-electron chi connectivity index (χ1n) is 5.99. The van der Waals surface area contributed by atoms with E-state index in [0.717, 1.165) is 5.56 Å². The Bertz CT molecular complexity index is 431. The maximum atomic E-state index is 12.0. The van der Waals surface area contributed by atoms with Crippen LogP contribution in [0.1, 0.15) is 23.7 Å². The lowest BCUT2D eigenvalue weighted by molar-refractivity contribution is 0.0932. The Hall–Kier alpha value is -1.33. The maximum absolute atomic E-state index is 12.0. The smallest absolute Gasteiger partial charge is 0.166 e. The third kappa shape index (κ3) is 5.01. The van der Waals surface area contributed by atoms with Crippen LogP contribution in [0, 0.1) is 17.4 Å². The second-order valence-corrected chi connectivity index (χ2v) is 10.1. The molecule has 1 atom stereocenters. The van der Waals surface area contributed by atoms with Crippen molar-refractivity contribution in [1.29, 1.82) is 0 Å². The van der Waals surface area contributed by atoms with E-state index in [1.54, 1.807) is 0 Å². The monoisotopic (exact) mass is 244 g/mol. The van der Waals surface area contributed by atoms with Gasteiger partial charge in [0.2, 0.25) is 0 Å². The summed E-state index contributed by atoms with van der Waals surface area (Å²) in [7, 11) is -1.31. The molecule has 0 radical (unpaired) electrons. The van der Waals surface area contributed by atoms with E-state index in [1.165, 1.54) is 0 Å². The van der Waals surface area contributed by atoms with Crippen molar-refractivity contribution in [2.24, 2.45) is 5.92 Å². The van der Waals surface area contributed by atoms with Gasteiger partial charge in [-0.2, -0.15) is 0 Å². The van der Waals surface area contributed by atoms with Crippen LogP contribution in [0.3, 0.4) is 0 Å². The first-order valence-corrected chi connectivity index (χ1v) is 9.49. The number of benzene rings is 1. The minimum absolute atomic E-state index is 0.0127. The third-order valence-electron chi connectivity index (χ3n) is 2.38. The van der Waals surface area contributed by atoms with Crippen LogP contribution in [0.4, 0.5) is 0 Å². The Balaban J connectivity index is 2.62. The van der Waals surface area contributed by atoms with Gasteiger partial charge in [0.25, 0.3) is 0 Å². The van der Waals surface area contributed by atoms with Crippen molar-refractivity contribution >= 4 is 13.9 Å². The molecule has 1 aromatic carbocycles. The predicted molar refractivity (Wildman–Crippen MR) is 75.7 cm³/mol. The highest BCUT2D eigenvalue weighted by Gasteiger charge is 2.14. The molecule has 0 bridgehead atoms. The van der Waals surface area contributed by atoms with Crippen LogP contribution in [-0.2, 0) is 0 Å². The summed E-state index contributed by atoms with van der Waals surface area (Å²) in [5.41, 5.74) is 4.08. The van der Waals surface area contributed by atoms with E-state index in [2.05, 4.69) is 31.1 Å². The predicted octanol–water partition coefficient (Wildman–Crippen LogP) is 3.78. The second-order valence-electron chi connectivity index (χ2n) is 5.39. The quantitative estimate of drug-likeness (QED) is 0.449. The lowest BCUT2D eigenvalue weighted by Gasteiger charge is -2.07. The van der Waals surface area contributed by atoms with Gasteiger partial charge < -0.3 is 0 Å². The topological polar surface area (TPSA) is 17.1 Å². The van der Waals surface area contributed by atoms with Gasteiger partial charge in [-0.05, 0) is 0 Å². The highest BCUT2D eigenvalue weighted by Crippen LogP contribution is 2.11. The number of carbonyl (C=O) groups excluding carboxylic acids is 1. The fourth-order valence-corrected chi connectivity index (χ4v) is 2.08. The first kappa shape index (κ1) is 13.7. The molecule has 0 amide bonds. The van der Waals surface area contributed by atoms with E-state index in [-0.39, 0.29) is 11.7 Å². The average Bonchev–Trinajstić information content (AvgIpc) is 2.27. The van der Waals surface area contributed by atoms with Gasteiger partial charge in [-0.1, -0.05) is 56.9 Å². The molecule has 0 aliphatic heterocycles. The summed E-state index contributed by atoms with van der Waals surface area (Å²) in [5, 5.41) is 0. The van der Waals surface area contributed by atoms with Crippen LogP contribution in [0.25, 0.3) is 0 Å². The lowest BCUT2D eigenvalue weighted by atomic mass is 9.97. The van der Waals surface area contributed by atoms with Gasteiger partial charge in [0.1, 0.15) is 8.07 Å². The average molecular weight is 244 g/mol. The summed E-state index contributed by atoms with van der Waals surface area (Å²) in [4.78, 5) is 12.0. The molecule has 0 aliphatic carbocycles. The lowest BCUT2D eigenvalue weighted by Crippen LogP contribution is -2.17. The van der Waals surface area contributed by atoms with Crippen LogP contribution in [0.15, 0.2) is 30.3 Å². The normalized spacial score (nSPS) is 12.5. The molecule has 0 fully saturated rings. The molecule has 1 aromatic rings. The molecule has 0 saturated carbocycles. The van der Waals surface area contributed by atoms with Crippen molar-refractivity contribution in [3.05, 3.63) is 35.9 Å². The van der Waals surface area contributed by atoms with Gasteiger partial charge in [0, 0.05) is 17.9 Å². The summed E-state index contributed by atoms with van der Waals surface area (Å²) >= 11 is 0. The largest absolute Gasteiger partial charge is 0.294 e. The zero-order valence-electron chi connectivity index (χ0n) is 11.1. The Morgan fingerprint density at radius 3 is 2.35 bits per heavy atom.